The van der Waals surface area contributed by atoms with Gasteiger partial charge in [-0.2, -0.15) is 0 Å². The fraction of sp³-hybridized carbons (Fsp3) is 0.174. The van der Waals surface area contributed by atoms with Gasteiger partial charge in [-0.15, -0.1) is 11.3 Å². The number of nitrogens with one attached hydrogen (secondary N) is 1. The van der Waals surface area contributed by atoms with Crippen molar-refractivity contribution in [2.75, 3.05) is 11.9 Å². The average Bonchev–Trinajstić information content (AvgIpc) is 3.23. The number of hydrogen-bond acceptors (Lipinski definition) is 5. The first-order valence-electron chi connectivity index (χ1n) is 9.80. The van der Waals surface area contributed by atoms with Gasteiger partial charge in [0.05, 0.1) is 17.8 Å². The van der Waals surface area contributed by atoms with Crippen LogP contribution >= 0.6 is 11.3 Å². The van der Waals surface area contributed by atoms with Gasteiger partial charge in [0, 0.05) is 5.69 Å². The molecule has 0 aliphatic heterocycles. The van der Waals surface area contributed by atoms with Crippen molar-refractivity contribution >= 4 is 33.1 Å². The first kappa shape index (κ1) is 20.6. The van der Waals surface area contributed by atoms with Crippen LogP contribution in [0.3, 0.4) is 0 Å². The maximum absolute atomic E-state index is 13.3. The standard InChI is InChI=1S/C23H21N3O4S/c1-3-30-18-9-7-17(8-10-18)26-22(28)21-19(11-12-31-21)25(23(26)29)14-20(27)24-16-6-4-5-15(2)13-16/h4-13H,3,14H2,1-2H3,(H,24,27). The van der Waals surface area contributed by atoms with Gasteiger partial charge in [-0.05, 0) is 67.3 Å². The van der Waals surface area contributed by atoms with Crippen molar-refractivity contribution in [1.82, 2.24) is 9.13 Å². The Bertz CT molecular complexity index is 1370. The van der Waals surface area contributed by atoms with E-state index >= 15 is 0 Å². The lowest BCUT2D eigenvalue weighted by molar-refractivity contribution is -0.116. The minimum Gasteiger partial charge on any atom is -0.494 e. The van der Waals surface area contributed by atoms with Crippen LogP contribution < -0.4 is 21.3 Å². The second kappa shape index (κ2) is 8.61. The molecule has 0 aliphatic carbocycles. The molecule has 7 nitrogen and oxygen atoms in total. The predicted molar refractivity (Wildman–Crippen MR) is 123 cm³/mol. The second-order valence-electron chi connectivity index (χ2n) is 6.99. The molecular formula is C23H21N3O4S. The molecule has 0 atom stereocenters. The van der Waals surface area contributed by atoms with E-state index in [0.29, 0.717) is 33.9 Å². The molecule has 1 N–H and O–H groups in total. The summed E-state index contributed by atoms with van der Waals surface area (Å²) < 4.78 is 8.27. The Morgan fingerprint density at radius 2 is 1.87 bits per heavy atom. The first-order valence-corrected chi connectivity index (χ1v) is 10.7. The van der Waals surface area contributed by atoms with E-state index < -0.39 is 11.2 Å². The number of rotatable bonds is 6. The highest BCUT2D eigenvalue weighted by Gasteiger charge is 2.17. The summed E-state index contributed by atoms with van der Waals surface area (Å²) in [6.45, 7) is 4.12. The zero-order chi connectivity index (χ0) is 22.0. The van der Waals surface area contributed by atoms with Gasteiger partial charge < -0.3 is 10.1 Å². The summed E-state index contributed by atoms with van der Waals surface area (Å²) >= 11 is 1.24. The largest absolute Gasteiger partial charge is 0.494 e. The molecule has 31 heavy (non-hydrogen) atoms. The minimum absolute atomic E-state index is 0.211. The quantitative estimate of drug-likeness (QED) is 0.502. The van der Waals surface area contributed by atoms with Crippen molar-refractivity contribution in [1.29, 1.82) is 0 Å². The number of carbonyl (C=O) groups excluding carboxylic acids is 1. The van der Waals surface area contributed by atoms with Gasteiger partial charge in [-0.25, -0.2) is 9.36 Å². The number of aromatic nitrogens is 2. The summed E-state index contributed by atoms with van der Waals surface area (Å²) in [7, 11) is 0. The van der Waals surface area contributed by atoms with E-state index in [4.69, 9.17) is 4.74 Å². The van der Waals surface area contributed by atoms with Crippen LogP contribution in [0.4, 0.5) is 5.69 Å². The van der Waals surface area contributed by atoms with E-state index in [9.17, 15) is 14.4 Å². The molecule has 0 saturated heterocycles. The molecule has 0 bridgehead atoms. The van der Waals surface area contributed by atoms with Crippen LogP contribution in [-0.2, 0) is 11.3 Å². The van der Waals surface area contributed by atoms with E-state index in [1.54, 1.807) is 41.8 Å². The number of benzene rings is 2. The van der Waals surface area contributed by atoms with Gasteiger partial charge in [-0.3, -0.25) is 14.2 Å². The number of thiophene rings is 1. The molecular weight excluding hydrogens is 414 g/mol. The third kappa shape index (κ3) is 4.15. The molecule has 0 spiro atoms. The van der Waals surface area contributed by atoms with Crippen molar-refractivity contribution in [2.45, 2.75) is 20.4 Å². The van der Waals surface area contributed by atoms with Crippen LogP contribution in [-0.4, -0.2) is 21.6 Å². The first-order chi connectivity index (χ1) is 15.0. The molecule has 2 heterocycles. The Balaban J connectivity index is 1.75. The molecule has 2 aromatic carbocycles. The van der Waals surface area contributed by atoms with Crippen LogP contribution in [0.2, 0.25) is 0 Å². The van der Waals surface area contributed by atoms with Crippen LogP contribution in [0.5, 0.6) is 5.75 Å². The van der Waals surface area contributed by atoms with E-state index in [1.807, 2.05) is 32.0 Å². The molecule has 0 radical (unpaired) electrons. The molecule has 2 aromatic heterocycles. The summed E-state index contributed by atoms with van der Waals surface area (Å²) in [5.74, 6) is 0.298. The topological polar surface area (TPSA) is 82.3 Å². The van der Waals surface area contributed by atoms with Crippen molar-refractivity contribution in [3.8, 4) is 11.4 Å². The second-order valence-corrected chi connectivity index (χ2v) is 7.90. The van der Waals surface area contributed by atoms with E-state index in [-0.39, 0.29) is 12.5 Å². The number of carbonyl (C=O) groups is 1. The lowest BCUT2D eigenvalue weighted by Gasteiger charge is -2.13. The minimum atomic E-state index is -0.570. The van der Waals surface area contributed by atoms with Gasteiger partial charge in [0.25, 0.3) is 5.56 Å². The highest BCUT2D eigenvalue weighted by atomic mass is 32.1. The van der Waals surface area contributed by atoms with Crippen molar-refractivity contribution in [2.24, 2.45) is 0 Å². The van der Waals surface area contributed by atoms with Crippen molar-refractivity contribution in [3.63, 3.8) is 0 Å². The highest BCUT2D eigenvalue weighted by Crippen LogP contribution is 2.18. The fourth-order valence-electron chi connectivity index (χ4n) is 3.39. The molecule has 8 heteroatoms. The SMILES string of the molecule is CCOc1ccc(-n2c(=O)c3sccc3n(CC(=O)Nc3cccc(C)c3)c2=O)cc1. The Morgan fingerprint density at radius 1 is 1.10 bits per heavy atom. The van der Waals surface area contributed by atoms with Crippen LogP contribution in [0.15, 0.2) is 69.6 Å². The predicted octanol–water partition coefficient (Wildman–Crippen LogP) is 3.56. The van der Waals surface area contributed by atoms with E-state index in [1.165, 1.54) is 15.9 Å². The molecule has 0 fully saturated rings. The third-order valence-corrected chi connectivity index (χ3v) is 5.66. The number of ether oxygens (including phenoxy) is 1. The monoisotopic (exact) mass is 435 g/mol. The molecule has 0 aliphatic rings. The molecule has 1 amide bonds. The van der Waals surface area contributed by atoms with Crippen LogP contribution in [0.1, 0.15) is 12.5 Å². The normalized spacial score (nSPS) is 10.9. The Kier molecular flexibility index (Phi) is 5.73. The maximum Gasteiger partial charge on any atom is 0.336 e. The zero-order valence-electron chi connectivity index (χ0n) is 17.1. The number of nitrogens with zero attached hydrogens (tertiary/aromatic N) is 2. The molecule has 0 unspecified atom stereocenters. The molecule has 158 valence electrons. The number of hydrogen-bond donors (Lipinski definition) is 1. The molecule has 0 saturated carbocycles. The molecule has 4 rings (SSSR count). The lowest BCUT2D eigenvalue weighted by Crippen LogP contribution is -2.40. The molecule has 4 aromatic rings. The number of fused-ring (bicyclic) bond motifs is 1. The maximum atomic E-state index is 13.3. The summed E-state index contributed by atoms with van der Waals surface area (Å²) in [6.07, 6.45) is 0. The number of aryl methyl sites for hydroxylation is 1. The van der Waals surface area contributed by atoms with Gasteiger partial charge >= 0.3 is 5.69 Å². The Hall–Kier alpha value is -3.65. The van der Waals surface area contributed by atoms with E-state index in [2.05, 4.69) is 5.32 Å². The highest BCUT2D eigenvalue weighted by molar-refractivity contribution is 7.17. The van der Waals surface area contributed by atoms with Crippen LogP contribution in [0, 0.1) is 6.92 Å². The summed E-state index contributed by atoms with van der Waals surface area (Å²) in [5, 5.41) is 4.55. The average molecular weight is 436 g/mol. The van der Waals surface area contributed by atoms with Crippen molar-refractivity contribution < 1.29 is 9.53 Å². The van der Waals surface area contributed by atoms with Gasteiger partial charge in [0.15, 0.2) is 0 Å². The zero-order valence-corrected chi connectivity index (χ0v) is 17.9. The Morgan fingerprint density at radius 3 is 2.58 bits per heavy atom. The number of amides is 1. The van der Waals surface area contributed by atoms with Crippen molar-refractivity contribution in [3.05, 3.63) is 86.4 Å². The van der Waals surface area contributed by atoms with Gasteiger partial charge in [-0.1, -0.05) is 12.1 Å². The van der Waals surface area contributed by atoms with Gasteiger partial charge in [0.1, 0.15) is 17.0 Å². The fourth-order valence-corrected chi connectivity index (χ4v) is 4.22. The smallest absolute Gasteiger partial charge is 0.336 e. The Labute approximate surface area is 182 Å². The summed E-state index contributed by atoms with van der Waals surface area (Å²) in [6, 6.07) is 15.8. The van der Waals surface area contributed by atoms with E-state index in [0.717, 1.165) is 10.1 Å². The lowest BCUT2D eigenvalue weighted by atomic mass is 10.2. The summed E-state index contributed by atoms with van der Waals surface area (Å²) in [4.78, 5) is 39.0. The van der Waals surface area contributed by atoms with Crippen LogP contribution in [0.25, 0.3) is 15.9 Å². The third-order valence-electron chi connectivity index (χ3n) is 4.76. The number of anilines is 1. The summed E-state index contributed by atoms with van der Waals surface area (Å²) in [5.41, 5.74) is 1.55. The van der Waals surface area contributed by atoms with Gasteiger partial charge in [0.2, 0.25) is 5.91 Å².